The van der Waals surface area contributed by atoms with Crippen molar-refractivity contribution < 1.29 is 18.8 Å². The first-order chi connectivity index (χ1) is 16.9. The molecule has 4 rings (SSSR count). The number of nitrogens with zero attached hydrogens (tertiary/aromatic N) is 4. The largest absolute Gasteiger partial charge is 0.493 e. The fourth-order valence-electron chi connectivity index (χ4n) is 3.77. The Bertz CT molecular complexity index is 1170. The number of benzene rings is 2. The number of amides is 1. The van der Waals surface area contributed by atoms with Crippen LogP contribution in [-0.4, -0.2) is 65.2 Å². The van der Waals surface area contributed by atoms with Gasteiger partial charge in [0.25, 0.3) is 0 Å². The van der Waals surface area contributed by atoms with E-state index in [9.17, 15) is 4.79 Å². The molecule has 1 aliphatic heterocycles. The second-order valence-electron chi connectivity index (χ2n) is 8.53. The average molecular weight is 497 g/mol. The van der Waals surface area contributed by atoms with Gasteiger partial charge in [-0.05, 0) is 61.9 Å². The van der Waals surface area contributed by atoms with E-state index in [1.807, 2.05) is 49.1 Å². The lowest BCUT2D eigenvalue weighted by Gasteiger charge is -2.33. The smallest absolute Gasteiger partial charge is 0.246 e. The van der Waals surface area contributed by atoms with Gasteiger partial charge in [0, 0.05) is 42.8 Å². The van der Waals surface area contributed by atoms with E-state index in [2.05, 4.69) is 15.0 Å². The molecular weight excluding hydrogens is 468 g/mol. The summed E-state index contributed by atoms with van der Waals surface area (Å²) in [5.41, 5.74) is 1.73. The Kier molecular flexibility index (Phi) is 8.05. The molecule has 184 valence electrons. The molecule has 2 aromatic carbocycles. The third-order valence-electron chi connectivity index (χ3n) is 5.58. The minimum absolute atomic E-state index is 0.0195. The third-order valence-corrected chi connectivity index (χ3v) is 5.83. The van der Waals surface area contributed by atoms with Crippen LogP contribution in [-0.2, 0) is 11.3 Å². The highest BCUT2D eigenvalue weighted by Gasteiger charge is 2.21. The summed E-state index contributed by atoms with van der Waals surface area (Å²) >= 11 is 5.94. The monoisotopic (exact) mass is 496 g/mol. The fraction of sp³-hybridized carbons (Fsp3) is 0.346. The van der Waals surface area contributed by atoms with Crippen LogP contribution in [0.4, 0.5) is 0 Å². The molecule has 8 nitrogen and oxygen atoms in total. The van der Waals surface area contributed by atoms with Gasteiger partial charge in [-0.3, -0.25) is 9.69 Å². The van der Waals surface area contributed by atoms with Crippen molar-refractivity contribution in [2.45, 2.75) is 26.5 Å². The van der Waals surface area contributed by atoms with Gasteiger partial charge in [-0.15, -0.1) is 0 Å². The van der Waals surface area contributed by atoms with Gasteiger partial charge in [-0.2, -0.15) is 4.98 Å². The van der Waals surface area contributed by atoms with E-state index in [1.165, 1.54) is 0 Å². The van der Waals surface area contributed by atoms with Crippen LogP contribution < -0.4 is 9.47 Å². The van der Waals surface area contributed by atoms with Crippen LogP contribution in [0.25, 0.3) is 17.5 Å². The standard InChI is InChI=1S/C26H29ClN4O4/c1-18(2)34-22-10-4-19(16-23(22)33-3)5-11-25(32)31-14-12-30(13-15-31)17-24-28-26(29-35-24)20-6-8-21(27)9-7-20/h4-11,16,18H,12-15,17H2,1-3H3/b11-5+. The molecule has 35 heavy (non-hydrogen) atoms. The molecule has 0 atom stereocenters. The SMILES string of the molecule is COc1cc(/C=C/C(=O)N2CCN(Cc3nc(-c4ccc(Cl)cc4)no3)CC2)ccc1OC(C)C. The molecule has 1 aliphatic rings. The number of ether oxygens (including phenoxy) is 2. The van der Waals surface area contributed by atoms with Gasteiger partial charge in [0.2, 0.25) is 17.6 Å². The normalized spacial score (nSPS) is 14.6. The van der Waals surface area contributed by atoms with Gasteiger partial charge in [-0.1, -0.05) is 22.8 Å². The lowest BCUT2D eigenvalue weighted by Crippen LogP contribution is -2.47. The maximum Gasteiger partial charge on any atom is 0.246 e. The van der Waals surface area contributed by atoms with Crippen LogP contribution in [0.5, 0.6) is 11.5 Å². The van der Waals surface area contributed by atoms with Crippen molar-refractivity contribution in [2.75, 3.05) is 33.3 Å². The average Bonchev–Trinajstić information content (AvgIpc) is 3.32. The highest BCUT2D eigenvalue weighted by Crippen LogP contribution is 2.29. The molecule has 2 heterocycles. The molecule has 3 aromatic rings. The molecule has 0 saturated carbocycles. The Morgan fingerprint density at radius 2 is 1.86 bits per heavy atom. The second kappa shape index (κ2) is 11.4. The Balaban J connectivity index is 1.28. The predicted molar refractivity (Wildman–Crippen MR) is 134 cm³/mol. The van der Waals surface area contributed by atoms with E-state index in [0.29, 0.717) is 47.9 Å². The number of carbonyl (C=O) groups excluding carboxylic acids is 1. The fourth-order valence-corrected chi connectivity index (χ4v) is 3.89. The molecule has 1 aromatic heterocycles. The number of hydrogen-bond donors (Lipinski definition) is 0. The number of methoxy groups -OCH3 is 1. The maximum absolute atomic E-state index is 12.7. The second-order valence-corrected chi connectivity index (χ2v) is 8.97. The van der Waals surface area contributed by atoms with Crippen LogP contribution in [0.3, 0.4) is 0 Å². The zero-order valence-corrected chi connectivity index (χ0v) is 20.9. The summed E-state index contributed by atoms with van der Waals surface area (Å²) in [4.78, 5) is 21.2. The number of piperazine rings is 1. The first-order valence-electron chi connectivity index (χ1n) is 11.5. The van der Waals surface area contributed by atoms with Crippen molar-refractivity contribution in [3.63, 3.8) is 0 Å². The van der Waals surface area contributed by atoms with Crippen molar-refractivity contribution in [1.82, 2.24) is 19.9 Å². The van der Waals surface area contributed by atoms with E-state index in [0.717, 1.165) is 24.2 Å². The topological polar surface area (TPSA) is 80.9 Å². The molecular formula is C26H29ClN4O4. The van der Waals surface area contributed by atoms with Crippen LogP contribution in [0.15, 0.2) is 53.1 Å². The zero-order valence-electron chi connectivity index (χ0n) is 20.1. The Morgan fingerprint density at radius 3 is 2.54 bits per heavy atom. The lowest BCUT2D eigenvalue weighted by atomic mass is 10.1. The van der Waals surface area contributed by atoms with Crippen LogP contribution in [0.1, 0.15) is 25.3 Å². The Hall–Kier alpha value is -3.36. The number of aromatic nitrogens is 2. The van der Waals surface area contributed by atoms with E-state index >= 15 is 0 Å². The summed E-state index contributed by atoms with van der Waals surface area (Å²) in [6.07, 6.45) is 3.45. The number of carbonyl (C=O) groups is 1. The van der Waals surface area contributed by atoms with Gasteiger partial charge in [-0.25, -0.2) is 0 Å². The molecule has 0 unspecified atom stereocenters. The lowest BCUT2D eigenvalue weighted by molar-refractivity contribution is -0.127. The summed E-state index contributed by atoms with van der Waals surface area (Å²) in [6.45, 7) is 7.19. The minimum atomic E-state index is -0.0195. The Labute approximate surface area is 210 Å². The van der Waals surface area contributed by atoms with E-state index < -0.39 is 0 Å². The molecule has 0 spiro atoms. The number of halogens is 1. The van der Waals surface area contributed by atoms with Gasteiger partial charge >= 0.3 is 0 Å². The van der Waals surface area contributed by atoms with E-state index in [4.69, 9.17) is 25.6 Å². The first kappa shape index (κ1) is 24.8. The molecule has 1 fully saturated rings. The molecule has 0 N–H and O–H groups in total. The van der Waals surface area contributed by atoms with Crippen molar-refractivity contribution in [3.05, 3.63) is 65.0 Å². The maximum atomic E-state index is 12.7. The molecule has 9 heteroatoms. The molecule has 1 amide bonds. The quantitative estimate of drug-likeness (QED) is 0.423. The number of hydrogen-bond acceptors (Lipinski definition) is 7. The summed E-state index contributed by atoms with van der Waals surface area (Å²) in [5, 5.41) is 4.72. The van der Waals surface area contributed by atoms with E-state index in [-0.39, 0.29) is 12.0 Å². The van der Waals surface area contributed by atoms with Crippen molar-refractivity contribution in [3.8, 4) is 22.9 Å². The summed E-state index contributed by atoms with van der Waals surface area (Å²) in [6, 6.07) is 12.9. The molecule has 0 aliphatic carbocycles. The van der Waals surface area contributed by atoms with Crippen LogP contribution in [0.2, 0.25) is 5.02 Å². The molecule has 0 radical (unpaired) electrons. The van der Waals surface area contributed by atoms with Gasteiger partial charge < -0.3 is 18.9 Å². The third kappa shape index (κ3) is 6.61. The van der Waals surface area contributed by atoms with Crippen LogP contribution >= 0.6 is 11.6 Å². The van der Waals surface area contributed by atoms with E-state index in [1.54, 1.807) is 31.4 Å². The molecule has 0 bridgehead atoms. The summed E-state index contributed by atoms with van der Waals surface area (Å²) < 4.78 is 16.6. The zero-order chi connectivity index (χ0) is 24.8. The van der Waals surface area contributed by atoms with Gasteiger partial charge in [0.15, 0.2) is 11.5 Å². The van der Waals surface area contributed by atoms with Gasteiger partial charge in [0.1, 0.15) is 0 Å². The minimum Gasteiger partial charge on any atom is -0.493 e. The van der Waals surface area contributed by atoms with Crippen molar-refractivity contribution in [1.29, 1.82) is 0 Å². The number of rotatable bonds is 8. The highest BCUT2D eigenvalue weighted by molar-refractivity contribution is 6.30. The van der Waals surface area contributed by atoms with Crippen LogP contribution in [0, 0.1) is 0 Å². The summed E-state index contributed by atoms with van der Waals surface area (Å²) in [7, 11) is 1.60. The summed E-state index contributed by atoms with van der Waals surface area (Å²) in [5.74, 6) is 2.39. The molecule has 1 saturated heterocycles. The Morgan fingerprint density at radius 1 is 1.11 bits per heavy atom. The van der Waals surface area contributed by atoms with Gasteiger partial charge in [0.05, 0.1) is 19.8 Å². The highest BCUT2D eigenvalue weighted by atomic mass is 35.5. The van der Waals surface area contributed by atoms with Crippen molar-refractivity contribution in [2.24, 2.45) is 0 Å². The van der Waals surface area contributed by atoms with Crippen molar-refractivity contribution >= 4 is 23.6 Å². The first-order valence-corrected chi connectivity index (χ1v) is 11.9. The predicted octanol–water partition coefficient (Wildman–Crippen LogP) is 4.54.